The molecule has 0 aliphatic heterocycles. The summed E-state index contributed by atoms with van der Waals surface area (Å²) in [5, 5.41) is 0.363. The van der Waals surface area contributed by atoms with Crippen LogP contribution in [0.15, 0.2) is 18.3 Å². The summed E-state index contributed by atoms with van der Waals surface area (Å²) in [6.07, 6.45) is 1.41. The monoisotopic (exact) mass is 227 g/mol. The Balaban J connectivity index is 2.58. The Morgan fingerprint density at radius 3 is 2.60 bits per heavy atom. The van der Waals surface area contributed by atoms with Gasteiger partial charge in [0.05, 0.1) is 12.2 Å². The van der Waals surface area contributed by atoms with Crippen LogP contribution in [0.3, 0.4) is 0 Å². The summed E-state index contributed by atoms with van der Waals surface area (Å²) in [5.74, 6) is -0.367. The second-order valence-corrected chi connectivity index (χ2v) is 4.89. The fourth-order valence-electron chi connectivity index (χ4n) is 0.862. The standard InChI is InChI=1S/C11H14ClNO2/c1-11(2,3)7-15-10(14)8-4-5-9(12)13-6-8/h4-6H,7H2,1-3H3. The van der Waals surface area contributed by atoms with Gasteiger partial charge in [-0.05, 0) is 17.5 Å². The lowest BCUT2D eigenvalue weighted by Crippen LogP contribution is -2.18. The Morgan fingerprint density at radius 2 is 2.13 bits per heavy atom. The number of esters is 1. The van der Waals surface area contributed by atoms with Crippen LogP contribution in [0, 0.1) is 5.41 Å². The first-order valence-electron chi connectivity index (χ1n) is 4.67. The lowest BCUT2D eigenvalue weighted by molar-refractivity contribution is 0.0366. The van der Waals surface area contributed by atoms with Crippen molar-refractivity contribution in [2.45, 2.75) is 20.8 Å². The number of rotatable bonds is 2. The number of pyridine rings is 1. The molecule has 1 rings (SSSR count). The van der Waals surface area contributed by atoms with Crippen molar-refractivity contribution in [1.29, 1.82) is 0 Å². The number of carbonyl (C=O) groups is 1. The van der Waals surface area contributed by atoms with E-state index in [1.165, 1.54) is 6.20 Å². The molecule has 0 aliphatic rings. The summed E-state index contributed by atoms with van der Waals surface area (Å²) in [4.78, 5) is 15.3. The third kappa shape index (κ3) is 4.30. The predicted molar refractivity (Wildman–Crippen MR) is 59.0 cm³/mol. The van der Waals surface area contributed by atoms with Crippen molar-refractivity contribution in [3.8, 4) is 0 Å². The zero-order chi connectivity index (χ0) is 11.5. The molecule has 0 radical (unpaired) electrons. The first kappa shape index (κ1) is 12.0. The average molecular weight is 228 g/mol. The van der Waals surface area contributed by atoms with E-state index in [0.29, 0.717) is 17.3 Å². The Bertz CT molecular complexity index is 341. The summed E-state index contributed by atoms with van der Waals surface area (Å²) < 4.78 is 5.11. The zero-order valence-electron chi connectivity index (χ0n) is 9.08. The Morgan fingerprint density at radius 1 is 1.47 bits per heavy atom. The number of ether oxygens (including phenoxy) is 1. The third-order valence-corrected chi connectivity index (χ3v) is 1.82. The van der Waals surface area contributed by atoms with E-state index in [1.807, 2.05) is 20.8 Å². The van der Waals surface area contributed by atoms with E-state index in [0.717, 1.165) is 0 Å². The summed E-state index contributed by atoms with van der Waals surface area (Å²) >= 11 is 5.60. The van der Waals surface area contributed by atoms with Gasteiger partial charge in [0, 0.05) is 6.20 Å². The van der Waals surface area contributed by atoms with Crippen molar-refractivity contribution in [2.75, 3.05) is 6.61 Å². The van der Waals surface area contributed by atoms with Gasteiger partial charge < -0.3 is 4.74 Å². The van der Waals surface area contributed by atoms with Gasteiger partial charge in [0.1, 0.15) is 5.15 Å². The van der Waals surface area contributed by atoms with Crippen molar-refractivity contribution in [2.24, 2.45) is 5.41 Å². The summed E-state index contributed by atoms with van der Waals surface area (Å²) in [6, 6.07) is 3.16. The van der Waals surface area contributed by atoms with E-state index >= 15 is 0 Å². The molecule has 0 saturated heterocycles. The molecule has 0 unspecified atom stereocenters. The van der Waals surface area contributed by atoms with Crippen molar-refractivity contribution < 1.29 is 9.53 Å². The van der Waals surface area contributed by atoms with Crippen molar-refractivity contribution in [3.63, 3.8) is 0 Å². The van der Waals surface area contributed by atoms with Gasteiger partial charge >= 0.3 is 5.97 Å². The molecule has 0 spiro atoms. The smallest absolute Gasteiger partial charge is 0.339 e. The second kappa shape index (κ2) is 4.62. The number of carbonyl (C=O) groups excluding carboxylic acids is 1. The maximum absolute atomic E-state index is 11.5. The molecule has 1 aromatic rings. The van der Waals surface area contributed by atoms with Crippen molar-refractivity contribution in [1.82, 2.24) is 4.98 Å². The number of hydrogen-bond acceptors (Lipinski definition) is 3. The molecule has 15 heavy (non-hydrogen) atoms. The van der Waals surface area contributed by atoms with E-state index in [-0.39, 0.29) is 11.4 Å². The minimum Gasteiger partial charge on any atom is -0.461 e. The molecule has 1 aromatic heterocycles. The Kier molecular flexibility index (Phi) is 3.69. The molecule has 0 bridgehead atoms. The van der Waals surface area contributed by atoms with E-state index < -0.39 is 0 Å². The third-order valence-electron chi connectivity index (χ3n) is 1.60. The van der Waals surface area contributed by atoms with Gasteiger partial charge in [-0.25, -0.2) is 9.78 Å². The highest BCUT2D eigenvalue weighted by molar-refractivity contribution is 6.29. The SMILES string of the molecule is CC(C)(C)COC(=O)c1ccc(Cl)nc1. The molecule has 0 amide bonds. The highest BCUT2D eigenvalue weighted by atomic mass is 35.5. The fourth-order valence-corrected chi connectivity index (χ4v) is 0.974. The molecule has 0 aromatic carbocycles. The quantitative estimate of drug-likeness (QED) is 0.576. The molecular weight excluding hydrogens is 214 g/mol. The minimum atomic E-state index is -0.367. The highest BCUT2D eigenvalue weighted by Crippen LogP contribution is 2.14. The lowest BCUT2D eigenvalue weighted by Gasteiger charge is -2.17. The molecule has 4 heteroatoms. The van der Waals surface area contributed by atoms with Crippen LogP contribution in [0.25, 0.3) is 0 Å². The van der Waals surface area contributed by atoms with Crippen LogP contribution in [0.5, 0.6) is 0 Å². The number of aromatic nitrogens is 1. The Hall–Kier alpha value is -1.09. The highest BCUT2D eigenvalue weighted by Gasteiger charge is 2.14. The summed E-state index contributed by atoms with van der Waals surface area (Å²) in [6.45, 7) is 6.38. The van der Waals surface area contributed by atoms with Crippen molar-refractivity contribution in [3.05, 3.63) is 29.0 Å². The summed E-state index contributed by atoms with van der Waals surface area (Å²) in [7, 11) is 0. The minimum absolute atomic E-state index is 0.0322. The lowest BCUT2D eigenvalue weighted by atomic mass is 9.99. The summed E-state index contributed by atoms with van der Waals surface area (Å²) in [5.41, 5.74) is 0.388. The van der Waals surface area contributed by atoms with Crippen LogP contribution in [-0.2, 0) is 4.74 Å². The van der Waals surface area contributed by atoms with E-state index in [4.69, 9.17) is 16.3 Å². The van der Waals surface area contributed by atoms with Gasteiger partial charge in [0.25, 0.3) is 0 Å². The van der Waals surface area contributed by atoms with E-state index in [1.54, 1.807) is 12.1 Å². The topological polar surface area (TPSA) is 39.2 Å². The van der Waals surface area contributed by atoms with Crippen LogP contribution in [0.4, 0.5) is 0 Å². The molecule has 0 fully saturated rings. The first-order chi connectivity index (χ1) is 6.88. The number of nitrogens with zero attached hydrogens (tertiary/aromatic N) is 1. The van der Waals surface area contributed by atoms with Gasteiger partial charge in [-0.3, -0.25) is 0 Å². The predicted octanol–water partition coefficient (Wildman–Crippen LogP) is 2.94. The van der Waals surface area contributed by atoms with Gasteiger partial charge in [-0.2, -0.15) is 0 Å². The zero-order valence-corrected chi connectivity index (χ0v) is 9.84. The molecule has 3 nitrogen and oxygen atoms in total. The van der Waals surface area contributed by atoms with E-state index in [2.05, 4.69) is 4.98 Å². The molecule has 1 heterocycles. The van der Waals surface area contributed by atoms with Crippen LogP contribution in [0.1, 0.15) is 31.1 Å². The van der Waals surface area contributed by atoms with Crippen LogP contribution < -0.4 is 0 Å². The normalized spacial score (nSPS) is 11.2. The van der Waals surface area contributed by atoms with Gasteiger partial charge in [0.2, 0.25) is 0 Å². The van der Waals surface area contributed by atoms with E-state index in [9.17, 15) is 4.79 Å². The maximum Gasteiger partial charge on any atom is 0.339 e. The number of hydrogen-bond donors (Lipinski definition) is 0. The number of halogens is 1. The Labute approximate surface area is 94.4 Å². The molecule has 0 aliphatic carbocycles. The fraction of sp³-hybridized carbons (Fsp3) is 0.455. The largest absolute Gasteiger partial charge is 0.461 e. The second-order valence-electron chi connectivity index (χ2n) is 4.51. The van der Waals surface area contributed by atoms with Gasteiger partial charge in [-0.15, -0.1) is 0 Å². The average Bonchev–Trinajstić information content (AvgIpc) is 2.14. The molecular formula is C11H14ClNO2. The molecule has 0 saturated carbocycles. The molecule has 0 N–H and O–H groups in total. The maximum atomic E-state index is 11.5. The van der Waals surface area contributed by atoms with Crippen LogP contribution in [-0.4, -0.2) is 17.6 Å². The van der Waals surface area contributed by atoms with Crippen LogP contribution in [0.2, 0.25) is 5.15 Å². The van der Waals surface area contributed by atoms with Crippen LogP contribution >= 0.6 is 11.6 Å². The van der Waals surface area contributed by atoms with Crippen molar-refractivity contribution >= 4 is 17.6 Å². The molecule has 0 atom stereocenters. The van der Waals surface area contributed by atoms with Gasteiger partial charge in [0.15, 0.2) is 0 Å². The first-order valence-corrected chi connectivity index (χ1v) is 5.05. The van der Waals surface area contributed by atoms with Gasteiger partial charge in [-0.1, -0.05) is 32.4 Å². The molecule has 82 valence electrons.